The normalized spacial score (nSPS) is 18.2. The van der Waals surface area contributed by atoms with Gasteiger partial charge in [0.15, 0.2) is 0 Å². The van der Waals surface area contributed by atoms with E-state index in [-0.39, 0.29) is 5.60 Å². The molecule has 1 atom stereocenters. The highest BCUT2D eigenvalue weighted by atomic mass is 16.5. The molecule has 94 valence electrons. The van der Waals surface area contributed by atoms with Crippen molar-refractivity contribution >= 4 is 0 Å². The Morgan fingerprint density at radius 3 is 2.83 bits per heavy atom. The average Bonchev–Trinajstić information content (AvgIpc) is 2.91. The Balaban J connectivity index is 2.03. The molecule has 0 aliphatic carbocycles. The molecule has 0 spiro atoms. The van der Waals surface area contributed by atoms with E-state index in [4.69, 9.17) is 9.15 Å². The molecular weight excluding hydrogens is 228 g/mol. The molecule has 2 aromatic rings. The first kappa shape index (κ1) is 11.4. The number of aliphatic hydroxyl groups excluding tert-OH is 1. The second-order valence-electron chi connectivity index (χ2n) is 5.33. The van der Waals surface area contributed by atoms with Gasteiger partial charge < -0.3 is 14.3 Å². The number of aliphatic hydroxyl groups is 1. The highest BCUT2D eigenvalue weighted by Gasteiger charge is 2.33. The van der Waals surface area contributed by atoms with Gasteiger partial charge in [0, 0.05) is 17.5 Å². The number of ether oxygens (including phenoxy) is 1. The first-order chi connectivity index (χ1) is 8.57. The molecule has 1 aliphatic heterocycles. The summed E-state index contributed by atoms with van der Waals surface area (Å²) in [6.07, 6.45) is 3.29. The number of para-hydroxylation sites is 1. The van der Waals surface area contributed by atoms with E-state index in [0.717, 1.165) is 28.9 Å². The zero-order chi connectivity index (χ0) is 12.8. The van der Waals surface area contributed by atoms with Crippen molar-refractivity contribution in [1.29, 1.82) is 0 Å². The number of hydrogen-bond donors (Lipinski definition) is 1. The molecule has 18 heavy (non-hydrogen) atoms. The van der Waals surface area contributed by atoms with Crippen LogP contribution in [0.1, 0.15) is 36.6 Å². The quantitative estimate of drug-likeness (QED) is 0.882. The molecule has 3 rings (SSSR count). The predicted octanol–water partition coefficient (Wildman–Crippen LogP) is 3.07. The van der Waals surface area contributed by atoms with Crippen molar-refractivity contribution in [3.8, 4) is 5.75 Å². The molecule has 0 saturated heterocycles. The molecule has 1 unspecified atom stereocenters. The molecule has 1 aromatic carbocycles. The van der Waals surface area contributed by atoms with Crippen molar-refractivity contribution in [3.63, 3.8) is 0 Å². The Morgan fingerprint density at radius 2 is 2.11 bits per heavy atom. The molecule has 3 heteroatoms. The summed E-state index contributed by atoms with van der Waals surface area (Å²) < 4.78 is 11.0. The minimum absolute atomic E-state index is 0.200. The van der Waals surface area contributed by atoms with E-state index in [1.807, 2.05) is 12.1 Å². The van der Waals surface area contributed by atoms with Gasteiger partial charge >= 0.3 is 0 Å². The minimum atomic E-state index is -0.701. The van der Waals surface area contributed by atoms with Gasteiger partial charge in [-0.05, 0) is 25.5 Å². The summed E-state index contributed by atoms with van der Waals surface area (Å²) in [5.41, 5.74) is 2.50. The summed E-state index contributed by atoms with van der Waals surface area (Å²) in [6, 6.07) is 7.68. The lowest BCUT2D eigenvalue weighted by atomic mass is 9.97. The lowest BCUT2D eigenvalue weighted by Gasteiger charge is -2.19. The van der Waals surface area contributed by atoms with Gasteiger partial charge in [-0.15, -0.1) is 0 Å². The van der Waals surface area contributed by atoms with Crippen LogP contribution in [-0.4, -0.2) is 10.7 Å². The van der Waals surface area contributed by atoms with Crippen LogP contribution in [0.5, 0.6) is 5.75 Å². The Bertz CT molecular complexity index is 555. The lowest BCUT2D eigenvalue weighted by molar-refractivity contribution is 0.131. The van der Waals surface area contributed by atoms with E-state index in [1.54, 1.807) is 18.6 Å². The van der Waals surface area contributed by atoms with Crippen LogP contribution < -0.4 is 4.74 Å². The Hall–Kier alpha value is -1.74. The van der Waals surface area contributed by atoms with Gasteiger partial charge in [-0.3, -0.25) is 0 Å². The van der Waals surface area contributed by atoms with Gasteiger partial charge in [0.05, 0.1) is 12.5 Å². The van der Waals surface area contributed by atoms with E-state index in [0.29, 0.717) is 0 Å². The summed E-state index contributed by atoms with van der Waals surface area (Å²) in [6.45, 7) is 4.11. The van der Waals surface area contributed by atoms with Crippen LogP contribution in [0.3, 0.4) is 0 Å². The van der Waals surface area contributed by atoms with Gasteiger partial charge in [0.1, 0.15) is 17.5 Å². The Morgan fingerprint density at radius 1 is 1.28 bits per heavy atom. The van der Waals surface area contributed by atoms with Crippen molar-refractivity contribution in [1.82, 2.24) is 0 Å². The van der Waals surface area contributed by atoms with E-state index in [2.05, 4.69) is 19.9 Å². The van der Waals surface area contributed by atoms with Gasteiger partial charge in [-0.1, -0.05) is 18.2 Å². The molecule has 1 aliphatic rings. The summed E-state index contributed by atoms with van der Waals surface area (Å²) >= 11 is 0. The highest BCUT2D eigenvalue weighted by molar-refractivity contribution is 5.48. The molecule has 0 saturated carbocycles. The number of fused-ring (bicyclic) bond motifs is 1. The first-order valence-electron chi connectivity index (χ1n) is 6.08. The van der Waals surface area contributed by atoms with E-state index >= 15 is 0 Å². The zero-order valence-electron chi connectivity index (χ0n) is 10.5. The molecule has 0 bridgehead atoms. The fraction of sp³-hybridized carbons (Fsp3) is 0.333. The lowest BCUT2D eigenvalue weighted by Crippen LogP contribution is -2.25. The Labute approximate surface area is 106 Å². The third kappa shape index (κ3) is 1.81. The number of rotatable bonds is 2. The van der Waals surface area contributed by atoms with Gasteiger partial charge in [0.2, 0.25) is 0 Å². The molecule has 0 fully saturated rings. The number of benzene rings is 1. The Kier molecular flexibility index (Phi) is 2.45. The van der Waals surface area contributed by atoms with Gasteiger partial charge in [-0.2, -0.15) is 0 Å². The highest BCUT2D eigenvalue weighted by Crippen LogP contribution is 2.41. The van der Waals surface area contributed by atoms with Crippen molar-refractivity contribution in [2.45, 2.75) is 32.0 Å². The molecule has 3 nitrogen and oxygen atoms in total. The number of furan rings is 1. The topological polar surface area (TPSA) is 42.6 Å². The summed E-state index contributed by atoms with van der Waals surface area (Å²) in [5, 5.41) is 10.4. The van der Waals surface area contributed by atoms with E-state index in [9.17, 15) is 5.11 Å². The fourth-order valence-corrected chi connectivity index (χ4v) is 2.46. The van der Waals surface area contributed by atoms with Crippen LogP contribution in [0.15, 0.2) is 41.2 Å². The first-order valence-corrected chi connectivity index (χ1v) is 6.08. The van der Waals surface area contributed by atoms with Gasteiger partial charge in [-0.25, -0.2) is 0 Å². The summed E-state index contributed by atoms with van der Waals surface area (Å²) in [4.78, 5) is 0. The molecule has 0 amide bonds. The second kappa shape index (κ2) is 3.89. The molecule has 1 aromatic heterocycles. The third-order valence-corrected chi connectivity index (χ3v) is 3.28. The zero-order valence-corrected chi connectivity index (χ0v) is 10.5. The van der Waals surface area contributed by atoms with E-state index in [1.165, 1.54) is 0 Å². The number of hydrogen-bond acceptors (Lipinski definition) is 3. The average molecular weight is 244 g/mol. The van der Waals surface area contributed by atoms with Crippen LogP contribution in [0.2, 0.25) is 0 Å². The standard InChI is InChI=1S/C15H16O3/c1-15(2)8-10-4-3-5-12(14(10)18-15)13(16)11-6-7-17-9-11/h3-7,9,13,16H,8H2,1-2H3. The van der Waals surface area contributed by atoms with Gasteiger partial charge in [0.25, 0.3) is 0 Å². The van der Waals surface area contributed by atoms with E-state index < -0.39 is 6.10 Å². The van der Waals surface area contributed by atoms with Crippen LogP contribution in [0.4, 0.5) is 0 Å². The van der Waals surface area contributed by atoms with Crippen LogP contribution >= 0.6 is 0 Å². The van der Waals surface area contributed by atoms with Crippen molar-refractivity contribution < 1.29 is 14.3 Å². The maximum atomic E-state index is 10.4. The third-order valence-electron chi connectivity index (χ3n) is 3.28. The molecular formula is C15H16O3. The van der Waals surface area contributed by atoms with Crippen molar-refractivity contribution in [2.24, 2.45) is 0 Å². The van der Waals surface area contributed by atoms with Crippen molar-refractivity contribution in [2.75, 3.05) is 0 Å². The SMILES string of the molecule is CC1(C)Cc2cccc(C(O)c3ccoc3)c2O1. The minimum Gasteiger partial charge on any atom is -0.487 e. The largest absolute Gasteiger partial charge is 0.487 e. The predicted molar refractivity (Wildman–Crippen MR) is 67.6 cm³/mol. The smallest absolute Gasteiger partial charge is 0.129 e. The maximum absolute atomic E-state index is 10.4. The van der Waals surface area contributed by atoms with Crippen LogP contribution in [0, 0.1) is 0 Å². The molecule has 2 heterocycles. The second-order valence-corrected chi connectivity index (χ2v) is 5.33. The molecule has 0 radical (unpaired) electrons. The maximum Gasteiger partial charge on any atom is 0.129 e. The fourth-order valence-electron chi connectivity index (χ4n) is 2.46. The van der Waals surface area contributed by atoms with Crippen LogP contribution in [-0.2, 0) is 6.42 Å². The van der Waals surface area contributed by atoms with Crippen molar-refractivity contribution in [3.05, 3.63) is 53.5 Å². The molecule has 1 N–H and O–H groups in total. The monoisotopic (exact) mass is 244 g/mol. The summed E-state index contributed by atoms with van der Waals surface area (Å²) in [5.74, 6) is 0.816. The van der Waals surface area contributed by atoms with Crippen LogP contribution in [0.25, 0.3) is 0 Å². The summed E-state index contributed by atoms with van der Waals surface area (Å²) in [7, 11) is 0.